The Morgan fingerprint density at radius 2 is 2.13 bits per heavy atom. The van der Waals surface area contributed by atoms with Gasteiger partial charge in [-0.05, 0) is 24.3 Å². The smallest absolute Gasteiger partial charge is 0.174 e. The van der Waals surface area contributed by atoms with Gasteiger partial charge in [0.1, 0.15) is 0 Å². The number of benzene rings is 1. The molecule has 0 radical (unpaired) electrons. The average molecular weight is 208 g/mol. The first-order valence-electron chi connectivity index (χ1n) is 5.04. The van der Waals surface area contributed by atoms with Crippen LogP contribution in [0.3, 0.4) is 0 Å². The van der Waals surface area contributed by atoms with E-state index in [-0.39, 0.29) is 6.29 Å². The molecule has 4 nitrogen and oxygen atoms in total. The zero-order valence-corrected chi connectivity index (χ0v) is 8.85. The quantitative estimate of drug-likeness (QED) is 0.739. The topological polar surface area (TPSA) is 47.7 Å². The van der Waals surface area contributed by atoms with Crippen LogP contribution >= 0.6 is 0 Å². The number of hydrogen-bond acceptors (Lipinski definition) is 4. The zero-order chi connectivity index (χ0) is 10.7. The Kier molecular flexibility index (Phi) is 3.08. The molecule has 82 valence electrons. The largest absolute Gasteiger partial charge is 0.399 e. The van der Waals surface area contributed by atoms with Gasteiger partial charge in [0.25, 0.3) is 0 Å². The third kappa shape index (κ3) is 2.40. The molecule has 0 bridgehead atoms. The lowest BCUT2D eigenvalue weighted by atomic mass is 10.2. The maximum Gasteiger partial charge on any atom is 0.174 e. The van der Waals surface area contributed by atoms with Crippen molar-refractivity contribution in [3.05, 3.63) is 24.3 Å². The van der Waals surface area contributed by atoms with Crippen LogP contribution < -0.4 is 10.6 Å². The second-order valence-corrected chi connectivity index (χ2v) is 3.57. The van der Waals surface area contributed by atoms with Crippen LogP contribution in [-0.2, 0) is 9.47 Å². The van der Waals surface area contributed by atoms with E-state index in [4.69, 9.17) is 15.2 Å². The number of nitrogen functional groups attached to an aromatic ring is 1. The first kappa shape index (κ1) is 10.3. The SMILES string of the molecule is COC1CN(c2ccc(N)cc2)CCO1. The Morgan fingerprint density at radius 1 is 1.40 bits per heavy atom. The van der Waals surface area contributed by atoms with E-state index in [1.807, 2.05) is 24.3 Å². The lowest BCUT2D eigenvalue weighted by Crippen LogP contribution is -2.43. The van der Waals surface area contributed by atoms with Crippen molar-refractivity contribution in [1.82, 2.24) is 0 Å². The fraction of sp³-hybridized carbons (Fsp3) is 0.455. The van der Waals surface area contributed by atoms with Gasteiger partial charge in [-0.3, -0.25) is 0 Å². The molecule has 2 rings (SSSR count). The molecule has 1 aliphatic rings. The number of anilines is 2. The molecule has 1 aromatic rings. The van der Waals surface area contributed by atoms with Crippen LogP contribution in [-0.4, -0.2) is 33.1 Å². The van der Waals surface area contributed by atoms with E-state index in [1.54, 1.807) is 7.11 Å². The van der Waals surface area contributed by atoms with Crippen LogP contribution in [0.4, 0.5) is 11.4 Å². The Hall–Kier alpha value is -1.26. The van der Waals surface area contributed by atoms with Crippen LogP contribution in [0.2, 0.25) is 0 Å². The molecule has 1 unspecified atom stereocenters. The van der Waals surface area contributed by atoms with Crippen LogP contribution in [0.5, 0.6) is 0 Å². The predicted octanol–water partition coefficient (Wildman–Crippen LogP) is 1.08. The Bertz CT molecular complexity index is 313. The summed E-state index contributed by atoms with van der Waals surface area (Å²) in [5.74, 6) is 0. The maximum atomic E-state index is 5.64. The minimum atomic E-state index is -0.128. The number of rotatable bonds is 2. The first-order chi connectivity index (χ1) is 7.29. The summed E-state index contributed by atoms with van der Waals surface area (Å²) in [5, 5.41) is 0. The molecule has 1 aromatic carbocycles. The van der Waals surface area contributed by atoms with Crippen molar-refractivity contribution in [2.24, 2.45) is 0 Å². The van der Waals surface area contributed by atoms with Crippen molar-refractivity contribution in [3.8, 4) is 0 Å². The number of methoxy groups -OCH3 is 1. The van der Waals surface area contributed by atoms with E-state index >= 15 is 0 Å². The summed E-state index contributed by atoms with van der Waals surface area (Å²) < 4.78 is 10.6. The molecule has 0 aromatic heterocycles. The van der Waals surface area contributed by atoms with E-state index in [2.05, 4.69) is 4.90 Å². The van der Waals surface area contributed by atoms with Crippen molar-refractivity contribution in [1.29, 1.82) is 0 Å². The van der Waals surface area contributed by atoms with Gasteiger partial charge >= 0.3 is 0 Å². The van der Waals surface area contributed by atoms with Gasteiger partial charge in [0.05, 0.1) is 13.2 Å². The highest BCUT2D eigenvalue weighted by molar-refractivity contribution is 5.53. The number of hydrogen-bond donors (Lipinski definition) is 1. The summed E-state index contributed by atoms with van der Waals surface area (Å²) in [4.78, 5) is 2.23. The average Bonchev–Trinajstić information content (AvgIpc) is 2.30. The van der Waals surface area contributed by atoms with Crippen molar-refractivity contribution < 1.29 is 9.47 Å². The second-order valence-electron chi connectivity index (χ2n) is 3.57. The standard InChI is InChI=1S/C11H16N2O2/c1-14-11-8-13(6-7-15-11)10-4-2-9(12)3-5-10/h2-5,11H,6-8,12H2,1H3. The predicted molar refractivity (Wildman–Crippen MR) is 59.8 cm³/mol. The summed E-state index contributed by atoms with van der Waals surface area (Å²) in [5.41, 5.74) is 7.59. The minimum absolute atomic E-state index is 0.128. The molecule has 1 heterocycles. The third-order valence-electron chi connectivity index (χ3n) is 2.56. The van der Waals surface area contributed by atoms with E-state index in [1.165, 1.54) is 0 Å². The molecule has 0 spiro atoms. The van der Waals surface area contributed by atoms with Crippen LogP contribution in [0.25, 0.3) is 0 Å². The van der Waals surface area contributed by atoms with Crippen molar-refractivity contribution in [2.45, 2.75) is 6.29 Å². The minimum Gasteiger partial charge on any atom is -0.399 e. The first-order valence-corrected chi connectivity index (χ1v) is 5.04. The molecule has 15 heavy (non-hydrogen) atoms. The molecule has 4 heteroatoms. The molecule has 0 amide bonds. The molecule has 0 saturated carbocycles. The molecule has 2 N–H and O–H groups in total. The molecule has 1 fully saturated rings. The van der Waals surface area contributed by atoms with Gasteiger partial charge < -0.3 is 20.1 Å². The molecule has 1 atom stereocenters. The Morgan fingerprint density at radius 3 is 2.80 bits per heavy atom. The fourth-order valence-electron chi connectivity index (χ4n) is 1.68. The summed E-state index contributed by atoms with van der Waals surface area (Å²) in [6, 6.07) is 7.86. The van der Waals surface area contributed by atoms with E-state index in [9.17, 15) is 0 Å². The van der Waals surface area contributed by atoms with E-state index in [0.717, 1.165) is 24.5 Å². The maximum absolute atomic E-state index is 5.64. The zero-order valence-electron chi connectivity index (χ0n) is 8.85. The molecular weight excluding hydrogens is 192 g/mol. The number of morpholine rings is 1. The van der Waals surface area contributed by atoms with Gasteiger partial charge in [-0.25, -0.2) is 0 Å². The summed E-state index contributed by atoms with van der Waals surface area (Å²) in [6.07, 6.45) is -0.128. The number of nitrogens with zero attached hydrogens (tertiary/aromatic N) is 1. The monoisotopic (exact) mass is 208 g/mol. The van der Waals surface area contributed by atoms with Crippen LogP contribution in [0.1, 0.15) is 0 Å². The number of ether oxygens (including phenoxy) is 2. The van der Waals surface area contributed by atoms with Crippen molar-refractivity contribution in [3.63, 3.8) is 0 Å². The van der Waals surface area contributed by atoms with Gasteiger partial charge in [-0.2, -0.15) is 0 Å². The molecular formula is C11H16N2O2. The normalized spacial score (nSPS) is 21.7. The van der Waals surface area contributed by atoms with Gasteiger partial charge in [-0.1, -0.05) is 0 Å². The summed E-state index contributed by atoms with van der Waals surface area (Å²) in [7, 11) is 1.66. The van der Waals surface area contributed by atoms with Gasteiger partial charge in [0.15, 0.2) is 6.29 Å². The van der Waals surface area contributed by atoms with Crippen LogP contribution in [0.15, 0.2) is 24.3 Å². The Balaban J connectivity index is 2.06. The number of nitrogens with two attached hydrogens (primary N) is 1. The highest BCUT2D eigenvalue weighted by atomic mass is 16.7. The summed E-state index contributed by atoms with van der Waals surface area (Å²) in [6.45, 7) is 2.35. The summed E-state index contributed by atoms with van der Waals surface area (Å²) >= 11 is 0. The molecule has 1 aliphatic heterocycles. The van der Waals surface area contributed by atoms with Gasteiger partial charge in [-0.15, -0.1) is 0 Å². The lowest BCUT2D eigenvalue weighted by Gasteiger charge is -2.33. The van der Waals surface area contributed by atoms with Crippen molar-refractivity contribution >= 4 is 11.4 Å². The highest BCUT2D eigenvalue weighted by Crippen LogP contribution is 2.19. The van der Waals surface area contributed by atoms with Crippen molar-refractivity contribution in [2.75, 3.05) is 37.4 Å². The van der Waals surface area contributed by atoms with E-state index < -0.39 is 0 Å². The van der Waals surface area contributed by atoms with Crippen LogP contribution in [0, 0.1) is 0 Å². The Labute approximate surface area is 89.6 Å². The molecule has 1 saturated heterocycles. The molecule has 0 aliphatic carbocycles. The van der Waals surface area contributed by atoms with E-state index in [0.29, 0.717) is 6.61 Å². The highest BCUT2D eigenvalue weighted by Gasteiger charge is 2.19. The van der Waals surface area contributed by atoms with Gasteiger partial charge in [0.2, 0.25) is 0 Å². The lowest BCUT2D eigenvalue weighted by molar-refractivity contribution is -0.128. The second kappa shape index (κ2) is 4.51. The fourth-order valence-corrected chi connectivity index (χ4v) is 1.68. The van der Waals surface area contributed by atoms with Gasteiger partial charge in [0, 0.05) is 25.0 Å². The third-order valence-corrected chi connectivity index (χ3v) is 2.56.